The van der Waals surface area contributed by atoms with E-state index in [0.717, 1.165) is 0 Å². The molecular weight excluding hydrogens is 256 g/mol. The topological polar surface area (TPSA) is 83.1 Å². The van der Waals surface area contributed by atoms with E-state index in [4.69, 9.17) is 0 Å². The molecular formula is C14H22N4O2. The van der Waals surface area contributed by atoms with E-state index in [-0.39, 0.29) is 18.4 Å². The highest BCUT2D eigenvalue weighted by Gasteiger charge is 2.27. The molecule has 1 aromatic heterocycles. The van der Waals surface area contributed by atoms with Crippen molar-refractivity contribution in [1.29, 1.82) is 0 Å². The van der Waals surface area contributed by atoms with Gasteiger partial charge in [0, 0.05) is 26.3 Å². The van der Waals surface area contributed by atoms with Crippen LogP contribution in [0.15, 0.2) is 18.3 Å². The predicted octanol–water partition coefficient (Wildman–Crippen LogP) is 1.02. The maximum atomic E-state index is 12.2. The number of pyridine rings is 1. The highest BCUT2D eigenvalue weighted by atomic mass is 16.2. The highest BCUT2D eigenvalue weighted by Crippen LogP contribution is 2.15. The predicted molar refractivity (Wildman–Crippen MR) is 78.6 cm³/mol. The number of amides is 2. The number of hydrogen-bond donors (Lipinski definition) is 3. The molecule has 0 saturated carbocycles. The molecule has 0 bridgehead atoms. The van der Waals surface area contributed by atoms with Crippen LogP contribution in [0.1, 0.15) is 31.1 Å². The van der Waals surface area contributed by atoms with Crippen molar-refractivity contribution in [2.75, 3.05) is 25.5 Å². The molecule has 1 rings (SSSR count). The molecule has 0 fully saturated rings. The van der Waals surface area contributed by atoms with Crippen LogP contribution in [0.5, 0.6) is 0 Å². The number of nitrogens with zero attached hydrogens (tertiary/aromatic N) is 1. The average Bonchev–Trinajstić information content (AvgIpc) is 2.45. The van der Waals surface area contributed by atoms with E-state index >= 15 is 0 Å². The van der Waals surface area contributed by atoms with Gasteiger partial charge in [-0.05, 0) is 32.9 Å². The van der Waals surface area contributed by atoms with Gasteiger partial charge in [0.15, 0.2) is 0 Å². The third kappa shape index (κ3) is 3.94. The first-order valence-corrected chi connectivity index (χ1v) is 6.61. The van der Waals surface area contributed by atoms with Crippen LogP contribution in [-0.2, 0) is 4.79 Å². The molecule has 0 spiro atoms. The summed E-state index contributed by atoms with van der Waals surface area (Å²) in [5.74, 6) is 0.187. The Balaban J connectivity index is 2.75. The zero-order valence-corrected chi connectivity index (χ0v) is 12.4. The van der Waals surface area contributed by atoms with Crippen LogP contribution >= 0.6 is 0 Å². The first-order valence-electron chi connectivity index (χ1n) is 6.61. The van der Waals surface area contributed by atoms with E-state index < -0.39 is 5.41 Å². The van der Waals surface area contributed by atoms with Crippen LogP contribution in [0, 0.1) is 5.41 Å². The van der Waals surface area contributed by atoms with E-state index in [0.29, 0.717) is 17.9 Å². The summed E-state index contributed by atoms with van der Waals surface area (Å²) in [6, 6.07) is 3.41. The van der Waals surface area contributed by atoms with E-state index in [1.54, 1.807) is 39.2 Å². The van der Waals surface area contributed by atoms with Gasteiger partial charge in [0.2, 0.25) is 5.91 Å². The molecule has 2 amide bonds. The molecule has 6 nitrogen and oxygen atoms in total. The van der Waals surface area contributed by atoms with Gasteiger partial charge in [-0.25, -0.2) is 4.98 Å². The number of carbonyl (C=O) groups excluding carboxylic acids is 2. The van der Waals surface area contributed by atoms with Crippen LogP contribution in [0.3, 0.4) is 0 Å². The Kier molecular flexibility index (Phi) is 5.49. The summed E-state index contributed by atoms with van der Waals surface area (Å²) >= 11 is 0. The number of carbonyl (C=O) groups is 2. The largest absolute Gasteiger partial charge is 0.370 e. The van der Waals surface area contributed by atoms with Gasteiger partial charge in [-0.15, -0.1) is 0 Å². The summed E-state index contributed by atoms with van der Waals surface area (Å²) in [5.41, 5.74) is -0.188. The molecule has 0 aromatic carbocycles. The van der Waals surface area contributed by atoms with Crippen LogP contribution in [0.4, 0.5) is 5.82 Å². The summed E-state index contributed by atoms with van der Waals surface area (Å²) in [6.07, 6.45) is 1.63. The third-order valence-electron chi connectivity index (χ3n) is 2.93. The molecule has 1 heterocycles. The normalized spacial score (nSPS) is 10.8. The molecule has 0 unspecified atom stereocenters. The second kappa shape index (κ2) is 6.88. The zero-order valence-electron chi connectivity index (χ0n) is 12.4. The van der Waals surface area contributed by atoms with Gasteiger partial charge in [0.05, 0.1) is 11.0 Å². The first kappa shape index (κ1) is 15.9. The minimum atomic E-state index is -0.662. The molecule has 6 heteroatoms. The average molecular weight is 278 g/mol. The zero-order chi connectivity index (χ0) is 15.2. The number of aromatic nitrogens is 1. The standard InChI is InChI=1S/C14H22N4O2/c1-5-16-11-10(7-6-8-17-11)12(19)18-9-14(2,3)13(20)15-4/h6-8H,5,9H2,1-4H3,(H,15,20)(H,16,17)(H,18,19). The van der Waals surface area contributed by atoms with Crippen LogP contribution in [0.25, 0.3) is 0 Å². The van der Waals surface area contributed by atoms with Gasteiger partial charge in [0.25, 0.3) is 5.91 Å². The number of rotatable bonds is 6. The fraction of sp³-hybridized carbons (Fsp3) is 0.500. The van der Waals surface area contributed by atoms with E-state index in [1.807, 2.05) is 6.92 Å². The van der Waals surface area contributed by atoms with Crippen molar-refractivity contribution in [3.63, 3.8) is 0 Å². The maximum absolute atomic E-state index is 12.2. The molecule has 0 radical (unpaired) electrons. The van der Waals surface area contributed by atoms with Gasteiger partial charge in [-0.3, -0.25) is 9.59 Å². The summed E-state index contributed by atoms with van der Waals surface area (Å²) < 4.78 is 0. The Morgan fingerprint density at radius 2 is 2.05 bits per heavy atom. The van der Waals surface area contributed by atoms with Crippen LogP contribution < -0.4 is 16.0 Å². The molecule has 110 valence electrons. The summed E-state index contributed by atoms with van der Waals surface area (Å²) in [4.78, 5) is 28.0. The molecule has 3 N–H and O–H groups in total. The van der Waals surface area contributed by atoms with Gasteiger partial charge < -0.3 is 16.0 Å². The van der Waals surface area contributed by atoms with E-state index in [9.17, 15) is 9.59 Å². The number of nitrogens with one attached hydrogen (secondary N) is 3. The lowest BCUT2D eigenvalue weighted by Crippen LogP contribution is -2.43. The lowest BCUT2D eigenvalue weighted by Gasteiger charge is -2.23. The molecule has 0 saturated heterocycles. The number of hydrogen-bond acceptors (Lipinski definition) is 4. The maximum Gasteiger partial charge on any atom is 0.255 e. The molecule has 0 aliphatic heterocycles. The summed E-state index contributed by atoms with van der Waals surface area (Å²) in [6.45, 7) is 6.43. The van der Waals surface area contributed by atoms with Crippen molar-refractivity contribution in [2.24, 2.45) is 5.41 Å². The fourth-order valence-corrected chi connectivity index (χ4v) is 1.71. The Morgan fingerprint density at radius 3 is 2.65 bits per heavy atom. The van der Waals surface area contributed by atoms with E-state index in [2.05, 4.69) is 20.9 Å². The summed E-state index contributed by atoms with van der Waals surface area (Å²) in [7, 11) is 1.58. The van der Waals surface area contributed by atoms with Crippen molar-refractivity contribution in [3.8, 4) is 0 Å². The molecule has 20 heavy (non-hydrogen) atoms. The van der Waals surface area contributed by atoms with Crippen molar-refractivity contribution in [3.05, 3.63) is 23.9 Å². The fourth-order valence-electron chi connectivity index (χ4n) is 1.71. The Morgan fingerprint density at radius 1 is 1.35 bits per heavy atom. The Labute approximate surface area is 119 Å². The Hall–Kier alpha value is -2.11. The monoisotopic (exact) mass is 278 g/mol. The van der Waals surface area contributed by atoms with Gasteiger partial charge >= 0.3 is 0 Å². The second-order valence-electron chi connectivity index (χ2n) is 5.08. The van der Waals surface area contributed by atoms with Crippen molar-refractivity contribution in [1.82, 2.24) is 15.6 Å². The quantitative estimate of drug-likeness (QED) is 0.725. The van der Waals surface area contributed by atoms with Crippen molar-refractivity contribution >= 4 is 17.6 Å². The third-order valence-corrected chi connectivity index (χ3v) is 2.93. The first-order chi connectivity index (χ1) is 9.42. The molecule has 0 aliphatic carbocycles. The smallest absolute Gasteiger partial charge is 0.255 e. The minimum Gasteiger partial charge on any atom is -0.370 e. The Bertz CT molecular complexity index is 486. The molecule has 1 aromatic rings. The van der Waals surface area contributed by atoms with Gasteiger partial charge in [-0.1, -0.05) is 0 Å². The van der Waals surface area contributed by atoms with E-state index in [1.165, 1.54) is 0 Å². The van der Waals surface area contributed by atoms with Crippen LogP contribution in [-0.4, -0.2) is 36.9 Å². The molecule has 0 aliphatic rings. The van der Waals surface area contributed by atoms with Crippen LogP contribution in [0.2, 0.25) is 0 Å². The minimum absolute atomic E-state index is 0.115. The molecule has 0 atom stereocenters. The van der Waals surface area contributed by atoms with Crippen molar-refractivity contribution < 1.29 is 9.59 Å². The SMILES string of the molecule is CCNc1ncccc1C(=O)NCC(C)(C)C(=O)NC. The lowest BCUT2D eigenvalue weighted by molar-refractivity contribution is -0.128. The number of anilines is 1. The highest BCUT2D eigenvalue weighted by molar-refractivity contribution is 5.99. The van der Waals surface area contributed by atoms with Crippen molar-refractivity contribution in [2.45, 2.75) is 20.8 Å². The lowest BCUT2D eigenvalue weighted by atomic mass is 9.92. The summed E-state index contributed by atoms with van der Waals surface area (Å²) in [5, 5.41) is 8.40. The van der Waals surface area contributed by atoms with Gasteiger partial charge in [-0.2, -0.15) is 0 Å². The second-order valence-corrected chi connectivity index (χ2v) is 5.08. The van der Waals surface area contributed by atoms with Gasteiger partial charge in [0.1, 0.15) is 5.82 Å².